The van der Waals surface area contributed by atoms with Gasteiger partial charge in [-0.05, 0) is 32.4 Å². The maximum atomic E-state index is 12.8. The van der Waals surface area contributed by atoms with E-state index in [1.807, 2.05) is 55.5 Å². The van der Waals surface area contributed by atoms with Crippen molar-refractivity contribution >= 4 is 28.0 Å². The molecule has 0 aliphatic rings. The van der Waals surface area contributed by atoms with Gasteiger partial charge >= 0.3 is 6.09 Å². The Bertz CT molecular complexity index is 1250. The fraction of sp³-hybridized carbons (Fsp3) is 0.182. The van der Waals surface area contributed by atoms with Crippen molar-refractivity contribution in [3.63, 3.8) is 0 Å². The number of para-hydroxylation sites is 1. The minimum Gasteiger partial charge on any atom is -0.449 e. The molecule has 4 aromatic rings. The van der Waals surface area contributed by atoms with E-state index in [1.54, 1.807) is 18.4 Å². The average molecular weight is 360 g/mol. The molecular formula is C22H20N2O3. The van der Waals surface area contributed by atoms with Gasteiger partial charge in [-0.25, -0.2) is 9.36 Å². The smallest absolute Gasteiger partial charge is 0.419 e. The van der Waals surface area contributed by atoms with Crippen LogP contribution in [0.2, 0.25) is 0 Å². The Morgan fingerprint density at radius 2 is 1.89 bits per heavy atom. The van der Waals surface area contributed by atoms with Crippen LogP contribution < -0.4 is 5.56 Å². The van der Waals surface area contributed by atoms with Crippen molar-refractivity contribution in [3.05, 3.63) is 70.0 Å². The molecule has 5 heteroatoms. The maximum absolute atomic E-state index is 12.8. The first-order valence-electron chi connectivity index (χ1n) is 8.93. The lowest BCUT2D eigenvalue weighted by molar-refractivity contribution is 0.156. The van der Waals surface area contributed by atoms with Crippen LogP contribution in [0.5, 0.6) is 0 Å². The van der Waals surface area contributed by atoms with Crippen LogP contribution in [0.4, 0.5) is 4.79 Å². The van der Waals surface area contributed by atoms with Gasteiger partial charge in [-0.1, -0.05) is 48.0 Å². The molecule has 136 valence electrons. The highest BCUT2D eigenvalue weighted by atomic mass is 16.5. The van der Waals surface area contributed by atoms with Crippen molar-refractivity contribution in [3.8, 4) is 11.1 Å². The van der Waals surface area contributed by atoms with E-state index in [1.165, 1.54) is 0 Å². The lowest BCUT2D eigenvalue weighted by Gasteiger charge is -2.12. The predicted octanol–water partition coefficient (Wildman–Crippen LogP) is 4.77. The van der Waals surface area contributed by atoms with Crippen molar-refractivity contribution in [1.29, 1.82) is 0 Å². The van der Waals surface area contributed by atoms with E-state index >= 15 is 0 Å². The summed E-state index contributed by atoms with van der Waals surface area (Å²) in [5.41, 5.74) is 5.16. The van der Waals surface area contributed by atoms with Gasteiger partial charge in [0.15, 0.2) is 0 Å². The van der Waals surface area contributed by atoms with Gasteiger partial charge in [0, 0.05) is 16.5 Å². The summed E-state index contributed by atoms with van der Waals surface area (Å²) in [6.07, 6.45) is -0.455. The number of nitrogens with zero attached hydrogens (tertiary/aromatic N) is 1. The zero-order valence-electron chi connectivity index (χ0n) is 15.5. The highest BCUT2D eigenvalue weighted by molar-refractivity contribution is 6.15. The molecule has 0 fully saturated rings. The van der Waals surface area contributed by atoms with Crippen LogP contribution in [0.15, 0.2) is 53.3 Å². The molecule has 0 bridgehead atoms. The van der Waals surface area contributed by atoms with Crippen molar-refractivity contribution in [2.45, 2.75) is 20.8 Å². The number of hydrogen-bond acceptors (Lipinski definition) is 3. The fourth-order valence-electron chi connectivity index (χ4n) is 3.63. The summed E-state index contributed by atoms with van der Waals surface area (Å²) in [5, 5.41) is 0.812. The third-order valence-corrected chi connectivity index (χ3v) is 4.82. The summed E-state index contributed by atoms with van der Waals surface area (Å²) in [6.45, 7) is 5.84. The Balaban J connectivity index is 2.25. The molecule has 0 aliphatic heterocycles. The second-order valence-corrected chi connectivity index (χ2v) is 6.60. The molecule has 0 saturated heterocycles. The van der Waals surface area contributed by atoms with E-state index < -0.39 is 6.09 Å². The van der Waals surface area contributed by atoms with E-state index in [9.17, 15) is 9.59 Å². The first-order valence-corrected chi connectivity index (χ1v) is 8.93. The number of ether oxygens (including phenoxy) is 1. The highest BCUT2D eigenvalue weighted by Crippen LogP contribution is 2.35. The molecule has 27 heavy (non-hydrogen) atoms. The van der Waals surface area contributed by atoms with Crippen molar-refractivity contribution < 1.29 is 9.53 Å². The maximum Gasteiger partial charge on any atom is 0.419 e. The second kappa shape index (κ2) is 6.43. The summed E-state index contributed by atoms with van der Waals surface area (Å²) >= 11 is 0. The summed E-state index contributed by atoms with van der Waals surface area (Å²) in [7, 11) is 0. The van der Waals surface area contributed by atoms with Gasteiger partial charge in [0.25, 0.3) is 5.56 Å². The molecule has 0 unspecified atom stereocenters. The monoisotopic (exact) mass is 360 g/mol. The minimum absolute atomic E-state index is 0.161. The molecule has 0 amide bonds. The van der Waals surface area contributed by atoms with Crippen LogP contribution in [0, 0.1) is 13.8 Å². The van der Waals surface area contributed by atoms with E-state index in [0.29, 0.717) is 22.1 Å². The van der Waals surface area contributed by atoms with Gasteiger partial charge in [-0.3, -0.25) is 4.79 Å². The van der Waals surface area contributed by atoms with Gasteiger partial charge in [-0.2, -0.15) is 0 Å². The molecule has 0 aliphatic carbocycles. The SMILES string of the molecule is CCOC(=O)n1c2ccccc2c2[nH]c(=O)c(C)c(-c3cccc(C)c3)c21. The summed E-state index contributed by atoms with van der Waals surface area (Å²) in [5.74, 6) is 0. The van der Waals surface area contributed by atoms with Crippen molar-refractivity contribution in [2.75, 3.05) is 6.61 Å². The summed E-state index contributed by atoms with van der Waals surface area (Å²) in [4.78, 5) is 28.5. The number of aryl methyl sites for hydroxylation is 1. The number of H-pyrrole nitrogens is 1. The summed E-state index contributed by atoms with van der Waals surface area (Å²) in [6, 6.07) is 15.5. The van der Waals surface area contributed by atoms with Gasteiger partial charge in [0.05, 0.1) is 23.2 Å². The Kier molecular flexibility index (Phi) is 4.07. The number of pyridine rings is 1. The lowest BCUT2D eigenvalue weighted by atomic mass is 9.98. The third-order valence-electron chi connectivity index (χ3n) is 4.82. The zero-order chi connectivity index (χ0) is 19.1. The Morgan fingerprint density at radius 3 is 2.63 bits per heavy atom. The Hall–Kier alpha value is -3.34. The normalized spacial score (nSPS) is 11.2. The number of carbonyl (C=O) groups is 1. The minimum atomic E-state index is -0.455. The van der Waals surface area contributed by atoms with E-state index in [0.717, 1.165) is 22.1 Å². The number of rotatable bonds is 2. The van der Waals surface area contributed by atoms with Gasteiger partial charge in [-0.15, -0.1) is 0 Å². The number of aromatic nitrogens is 2. The van der Waals surface area contributed by atoms with Crippen LogP contribution in [-0.2, 0) is 4.74 Å². The fourth-order valence-corrected chi connectivity index (χ4v) is 3.63. The van der Waals surface area contributed by atoms with Crippen LogP contribution in [-0.4, -0.2) is 22.3 Å². The van der Waals surface area contributed by atoms with Crippen LogP contribution >= 0.6 is 0 Å². The van der Waals surface area contributed by atoms with Gasteiger partial charge in [0.2, 0.25) is 0 Å². The molecule has 2 aromatic carbocycles. The number of nitrogens with one attached hydrogen (secondary N) is 1. The Labute approximate surface area is 156 Å². The second-order valence-electron chi connectivity index (χ2n) is 6.60. The summed E-state index contributed by atoms with van der Waals surface area (Å²) < 4.78 is 6.88. The number of benzene rings is 2. The first kappa shape index (κ1) is 17.1. The Morgan fingerprint density at radius 1 is 1.11 bits per heavy atom. The van der Waals surface area contributed by atoms with Crippen molar-refractivity contribution in [1.82, 2.24) is 9.55 Å². The first-order chi connectivity index (χ1) is 13.0. The van der Waals surface area contributed by atoms with Crippen molar-refractivity contribution in [2.24, 2.45) is 0 Å². The van der Waals surface area contributed by atoms with Crippen LogP contribution in [0.3, 0.4) is 0 Å². The van der Waals surface area contributed by atoms with E-state index in [-0.39, 0.29) is 12.2 Å². The topological polar surface area (TPSA) is 64.1 Å². The number of hydrogen-bond donors (Lipinski definition) is 1. The highest BCUT2D eigenvalue weighted by Gasteiger charge is 2.23. The molecule has 0 radical (unpaired) electrons. The quantitative estimate of drug-likeness (QED) is 0.560. The third kappa shape index (κ3) is 2.63. The van der Waals surface area contributed by atoms with E-state index in [2.05, 4.69) is 4.98 Å². The molecule has 0 spiro atoms. The molecule has 4 rings (SSSR count). The van der Waals surface area contributed by atoms with Crippen LogP contribution in [0.25, 0.3) is 33.1 Å². The standard InChI is InChI=1S/C22H20N2O3/c1-4-27-22(26)24-17-11-6-5-10-16(17)19-20(24)18(14(3)21(25)23-19)15-9-7-8-13(2)12-15/h5-12H,4H2,1-3H3,(H,23,25). The molecule has 2 aromatic heterocycles. The number of aromatic amines is 1. The molecule has 2 heterocycles. The van der Waals surface area contributed by atoms with E-state index in [4.69, 9.17) is 4.74 Å². The average Bonchev–Trinajstić information content (AvgIpc) is 2.97. The van der Waals surface area contributed by atoms with Gasteiger partial charge in [0.1, 0.15) is 0 Å². The molecule has 0 saturated carbocycles. The molecule has 5 nitrogen and oxygen atoms in total. The molecular weight excluding hydrogens is 340 g/mol. The number of fused-ring (bicyclic) bond motifs is 3. The number of carbonyl (C=O) groups excluding carboxylic acids is 1. The zero-order valence-corrected chi connectivity index (χ0v) is 15.5. The predicted molar refractivity (Wildman–Crippen MR) is 107 cm³/mol. The molecule has 1 N–H and O–H groups in total. The largest absolute Gasteiger partial charge is 0.449 e. The lowest BCUT2D eigenvalue weighted by Crippen LogP contribution is -2.16. The van der Waals surface area contributed by atoms with Crippen LogP contribution in [0.1, 0.15) is 18.1 Å². The van der Waals surface area contributed by atoms with Gasteiger partial charge < -0.3 is 9.72 Å². The molecule has 0 atom stereocenters.